The first-order chi connectivity index (χ1) is 29.6. The fraction of sp³-hybridized carbons (Fsp3) is 0.404. The van der Waals surface area contributed by atoms with Gasteiger partial charge in [0.2, 0.25) is 17.7 Å². The van der Waals surface area contributed by atoms with E-state index in [1.807, 2.05) is 107 Å². The molecule has 4 N–H and O–H groups in total. The smallest absolute Gasteiger partial charge is 0.246 e. The molecule has 2 aromatic heterocycles. The molecule has 326 valence electrons. The number of carbonyl (C=O) groups excluding carboxylic acids is 3. The number of anilines is 1. The topological polar surface area (TPSA) is 167 Å². The summed E-state index contributed by atoms with van der Waals surface area (Å²) in [6.45, 7) is 11.1. The third-order valence-electron chi connectivity index (χ3n) is 11.6. The van der Waals surface area contributed by atoms with E-state index in [-0.39, 0.29) is 49.0 Å². The van der Waals surface area contributed by atoms with Crippen LogP contribution in [0.4, 0.5) is 5.69 Å². The Morgan fingerprint density at radius 1 is 0.919 bits per heavy atom. The fourth-order valence-corrected chi connectivity index (χ4v) is 9.03. The van der Waals surface area contributed by atoms with E-state index in [1.54, 1.807) is 29.7 Å². The Hall–Kier alpha value is -5.74. The van der Waals surface area contributed by atoms with Crippen LogP contribution in [-0.2, 0) is 14.4 Å². The summed E-state index contributed by atoms with van der Waals surface area (Å²) in [5.41, 5.74) is 8.26. The molecule has 2 fully saturated rings. The predicted molar refractivity (Wildman–Crippen MR) is 242 cm³/mol. The summed E-state index contributed by atoms with van der Waals surface area (Å²) in [5.74, 6) is -0.851. The molecule has 3 amide bonds. The van der Waals surface area contributed by atoms with Crippen LogP contribution in [0.1, 0.15) is 44.5 Å². The summed E-state index contributed by atoms with van der Waals surface area (Å²) < 4.78 is 0. The number of aryl methyl sites for hydroxylation is 1. The third kappa shape index (κ3) is 10.5. The number of phenols is 1. The van der Waals surface area contributed by atoms with Gasteiger partial charge in [-0.3, -0.25) is 19.3 Å². The quantitative estimate of drug-likeness (QED) is 0.126. The van der Waals surface area contributed by atoms with Gasteiger partial charge in [-0.2, -0.15) is 10.2 Å². The number of aliphatic hydroxyl groups excluding tert-OH is 1. The number of likely N-dealkylation sites (N-methyl/N-ethyl adjacent to an activating group) is 1. The summed E-state index contributed by atoms with van der Waals surface area (Å²) in [4.78, 5) is 55.4. The van der Waals surface area contributed by atoms with Gasteiger partial charge in [0.15, 0.2) is 0 Å². The van der Waals surface area contributed by atoms with Gasteiger partial charge in [0.05, 0.1) is 46.7 Å². The summed E-state index contributed by atoms with van der Waals surface area (Å²) in [5, 5.41) is 35.7. The number of amides is 3. The number of benzene rings is 3. The average molecular weight is 860 g/mol. The number of phenolic OH excluding ortho intramolecular Hbond substituents is 1. The first kappa shape index (κ1) is 44.3. The number of rotatable bonds is 13. The largest absolute Gasteiger partial charge is 0.507 e. The first-order valence-electron chi connectivity index (χ1n) is 21.1. The molecule has 0 radical (unpaired) electrons. The molecular weight excluding hydrogens is 803 g/mol. The molecule has 4 atom stereocenters. The average Bonchev–Trinajstić information content (AvgIpc) is 3.87. The van der Waals surface area contributed by atoms with Crippen molar-refractivity contribution in [2.75, 3.05) is 64.8 Å². The molecule has 5 aromatic rings. The molecule has 2 aliphatic heterocycles. The van der Waals surface area contributed by atoms with Crippen LogP contribution in [0.25, 0.3) is 32.8 Å². The Morgan fingerprint density at radius 2 is 1.61 bits per heavy atom. The zero-order chi connectivity index (χ0) is 44.1. The molecule has 0 saturated carbocycles. The van der Waals surface area contributed by atoms with Gasteiger partial charge in [0.25, 0.3) is 0 Å². The van der Waals surface area contributed by atoms with Gasteiger partial charge in [-0.05, 0) is 73.5 Å². The number of likely N-dealkylation sites (tertiary alicyclic amines) is 1. The summed E-state index contributed by atoms with van der Waals surface area (Å²) in [6, 6.07) is 23.1. The molecule has 3 aromatic carbocycles. The van der Waals surface area contributed by atoms with Crippen molar-refractivity contribution < 1.29 is 24.6 Å². The Morgan fingerprint density at radius 3 is 2.26 bits per heavy atom. The maximum atomic E-state index is 14.4. The lowest BCUT2D eigenvalue weighted by molar-refractivity contribution is -0.144. The van der Waals surface area contributed by atoms with Crippen LogP contribution in [0.2, 0.25) is 0 Å². The summed E-state index contributed by atoms with van der Waals surface area (Å²) in [6.07, 6.45) is 0.942. The fourth-order valence-electron chi connectivity index (χ4n) is 8.22. The lowest BCUT2D eigenvalue weighted by Gasteiger charge is -2.38. The molecule has 62 heavy (non-hydrogen) atoms. The number of nitrogens with one attached hydrogen (secondary N) is 2. The number of β-amino-alcohol motifs (C(OH)–C–C–N with tert-alkyl or cyclic N) is 1. The predicted octanol–water partition coefficient (Wildman–Crippen LogP) is 4.98. The molecule has 0 spiro atoms. The van der Waals surface area contributed by atoms with Crippen LogP contribution < -0.4 is 15.5 Å². The second-order valence-corrected chi connectivity index (χ2v) is 18.5. The monoisotopic (exact) mass is 859 g/mol. The van der Waals surface area contributed by atoms with Gasteiger partial charge in [0.1, 0.15) is 17.8 Å². The van der Waals surface area contributed by atoms with Crippen molar-refractivity contribution in [1.82, 2.24) is 40.5 Å². The van der Waals surface area contributed by atoms with Crippen LogP contribution in [0.3, 0.4) is 0 Å². The number of hydrogen-bond acceptors (Lipinski definition) is 12. The van der Waals surface area contributed by atoms with E-state index in [1.165, 1.54) is 4.90 Å². The standard InChI is InChI=1S/C47H57N9O5S/c1-30-43(62-29-48-30)33-13-11-32(12-14-33)39(27-53(5)6)50-45(60)40-24-36(57)26-56(40)46(61)44(47(2,3)4)51-42(59)28-54-19-21-55(22-20-54)35-17-15-31(16-18-35)34-23-38(52-49-25-34)37-9-7-8-10-41(37)58/h7-18,23,25,29,36,39-40,44,57-58H,19-22,24,26-28H2,1-6H3,(H,50,60)(H,51,59)/t36-,39?,40+,44-/m1/s1. The van der Waals surface area contributed by atoms with E-state index in [4.69, 9.17) is 0 Å². The maximum absolute atomic E-state index is 14.4. The van der Waals surface area contributed by atoms with E-state index in [9.17, 15) is 24.6 Å². The molecule has 15 heteroatoms. The number of aliphatic hydroxyl groups is 1. The number of aromatic nitrogens is 3. The number of aromatic hydroxyl groups is 1. The number of nitrogens with zero attached hydrogens (tertiary/aromatic N) is 7. The first-order valence-corrected chi connectivity index (χ1v) is 21.9. The second-order valence-electron chi connectivity index (χ2n) is 17.6. The molecule has 2 aliphatic rings. The highest BCUT2D eigenvalue weighted by Gasteiger charge is 2.45. The number of carbonyl (C=O) groups is 3. The summed E-state index contributed by atoms with van der Waals surface area (Å²) >= 11 is 1.59. The normalized spacial score (nSPS) is 18.1. The number of para-hydroxylation sites is 1. The zero-order valence-electron chi connectivity index (χ0n) is 36.3. The van der Waals surface area contributed by atoms with E-state index in [2.05, 4.69) is 47.7 Å². The minimum Gasteiger partial charge on any atom is -0.507 e. The Labute approximate surface area is 367 Å². The highest BCUT2D eigenvalue weighted by Crippen LogP contribution is 2.32. The Bertz CT molecular complexity index is 2340. The molecule has 4 heterocycles. The van der Waals surface area contributed by atoms with Gasteiger partial charge in [-0.15, -0.1) is 11.3 Å². The van der Waals surface area contributed by atoms with Crippen LogP contribution in [-0.4, -0.2) is 136 Å². The van der Waals surface area contributed by atoms with Gasteiger partial charge >= 0.3 is 0 Å². The van der Waals surface area contributed by atoms with Crippen molar-refractivity contribution in [2.24, 2.45) is 5.41 Å². The molecular formula is C47H57N9O5S. The number of thiazole rings is 1. The van der Waals surface area contributed by atoms with E-state index in [0.717, 1.165) is 51.6 Å². The Balaban J connectivity index is 0.948. The zero-order valence-corrected chi connectivity index (χ0v) is 37.1. The molecule has 7 rings (SSSR count). The van der Waals surface area contributed by atoms with Crippen molar-refractivity contribution in [3.8, 4) is 38.6 Å². The lowest BCUT2D eigenvalue weighted by atomic mass is 9.85. The van der Waals surface area contributed by atoms with Crippen LogP contribution in [0.5, 0.6) is 5.75 Å². The van der Waals surface area contributed by atoms with E-state index >= 15 is 0 Å². The van der Waals surface area contributed by atoms with Crippen molar-refractivity contribution in [1.29, 1.82) is 0 Å². The van der Waals surface area contributed by atoms with Crippen LogP contribution in [0.15, 0.2) is 90.6 Å². The van der Waals surface area contributed by atoms with Crippen molar-refractivity contribution in [3.05, 3.63) is 102 Å². The minimum absolute atomic E-state index is 0.00226. The lowest BCUT2D eigenvalue weighted by Crippen LogP contribution is -2.59. The third-order valence-corrected chi connectivity index (χ3v) is 12.6. The van der Waals surface area contributed by atoms with Crippen molar-refractivity contribution >= 4 is 34.7 Å². The molecule has 0 aliphatic carbocycles. The molecule has 0 bridgehead atoms. The van der Waals surface area contributed by atoms with Gasteiger partial charge in [0, 0.05) is 62.5 Å². The van der Waals surface area contributed by atoms with E-state index in [0.29, 0.717) is 30.9 Å². The number of hydrogen-bond donors (Lipinski definition) is 4. The van der Waals surface area contributed by atoms with Crippen molar-refractivity contribution in [3.63, 3.8) is 0 Å². The maximum Gasteiger partial charge on any atom is 0.246 e. The van der Waals surface area contributed by atoms with Gasteiger partial charge < -0.3 is 35.5 Å². The second kappa shape index (κ2) is 19.1. The molecule has 1 unspecified atom stereocenters. The van der Waals surface area contributed by atoms with Crippen LogP contribution >= 0.6 is 11.3 Å². The van der Waals surface area contributed by atoms with Crippen molar-refractivity contribution in [2.45, 2.75) is 58.3 Å². The molecule has 2 saturated heterocycles. The Kier molecular flexibility index (Phi) is 13.7. The van der Waals surface area contributed by atoms with E-state index < -0.39 is 23.6 Å². The minimum atomic E-state index is -0.916. The van der Waals surface area contributed by atoms with Crippen LogP contribution in [0, 0.1) is 12.3 Å². The number of piperazine rings is 1. The van der Waals surface area contributed by atoms with Gasteiger partial charge in [-0.1, -0.05) is 69.3 Å². The SMILES string of the molecule is Cc1ncsc1-c1ccc(C(CN(C)C)NC(=O)[C@@H]2C[C@@H](O)CN2C(=O)[C@@H](NC(=O)CN2CCN(c3ccc(-c4cnnc(-c5ccccc5O)c4)cc3)CC2)C(C)(C)C)cc1. The molecule has 14 nitrogen and oxygen atoms in total. The van der Waals surface area contributed by atoms with Gasteiger partial charge in [-0.25, -0.2) is 4.98 Å². The highest BCUT2D eigenvalue weighted by molar-refractivity contribution is 7.13. The summed E-state index contributed by atoms with van der Waals surface area (Å²) in [7, 11) is 3.88. The highest BCUT2D eigenvalue weighted by atomic mass is 32.1.